The first kappa shape index (κ1) is 19.7. The van der Waals surface area contributed by atoms with Crippen LogP contribution in [-0.2, 0) is 21.6 Å². The van der Waals surface area contributed by atoms with Crippen LogP contribution in [0.25, 0.3) is 0 Å². The Kier molecular flexibility index (Phi) is 6.19. The number of rotatable bonds is 5. The van der Waals surface area contributed by atoms with Gasteiger partial charge < -0.3 is 10.1 Å². The van der Waals surface area contributed by atoms with Crippen LogP contribution in [0.15, 0.2) is 42.5 Å². The monoisotopic (exact) mass is 353 g/mol. The summed E-state index contributed by atoms with van der Waals surface area (Å²) in [4.78, 5) is 24.1. The van der Waals surface area contributed by atoms with E-state index in [9.17, 15) is 9.59 Å². The molecule has 0 aliphatic rings. The van der Waals surface area contributed by atoms with Crippen molar-refractivity contribution in [3.63, 3.8) is 0 Å². The molecule has 0 aliphatic carbocycles. The summed E-state index contributed by atoms with van der Waals surface area (Å²) in [5, 5.41) is 2.61. The van der Waals surface area contributed by atoms with Gasteiger partial charge in [-0.25, -0.2) is 0 Å². The zero-order chi connectivity index (χ0) is 19.3. The van der Waals surface area contributed by atoms with Gasteiger partial charge in [-0.15, -0.1) is 0 Å². The van der Waals surface area contributed by atoms with Gasteiger partial charge >= 0.3 is 5.97 Å². The van der Waals surface area contributed by atoms with Gasteiger partial charge in [0.2, 0.25) is 0 Å². The van der Waals surface area contributed by atoms with Crippen molar-refractivity contribution in [1.82, 2.24) is 5.32 Å². The average Bonchev–Trinajstić information content (AvgIpc) is 2.59. The summed E-state index contributed by atoms with van der Waals surface area (Å²) < 4.78 is 5.26. The number of hydrogen-bond acceptors (Lipinski definition) is 3. The summed E-state index contributed by atoms with van der Waals surface area (Å²) in [5.74, 6) is -0.736. The van der Waals surface area contributed by atoms with Gasteiger partial charge in [-0.1, -0.05) is 56.7 Å². The van der Waals surface area contributed by atoms with Crippen LogP contribution in [0.5, 0.6) is 0 Å². The number of carbonyl (C=O) groups is 2. The van der Waals surface area contributed by atoms with Crippen LogP contribution in [0.4, 0.5) is 0 Å². The molecule has 1 amide bonds. The fourth-order valence-corrected chi connectivity index (χ4v) is 2.54. The Morgan fingerprint density at radius 1 is 1.00 bits per heavy atom. The molecule has 4 heteroatoms. The van der Waals surface area contributed by atoms with E-state index in [1.54, 1.807) is 12.1 Å². The lowest BCUT2D eigenvalue weighted by Crippen LogP contribution is -2.30. The van der Waals surface area contributed by atoms with Crippen LogP contribution >= 0.6 is 0 Å². The number of benzene rings is 2. The highest BCUT2D eigenvalue weighted by Crippen LogP contribution is 2.22. The summed E-state index contributed by atoms with van der Waals surface area (Å²) in [7, 11) is 0. The second-order valence-corrected chi connectivity index (χ2v) is 7.60. The van der Waals surface area contributed by atoms with Crippen LogP contribution in [-0.4, -0.2) is 18.4 Å². The van der Waals surface area contributed by atoms with E-state index in [2.05, 4.69) is 26.1 Å². The first-order chi connectivity index (χ1) is 12.2. The van der Waals surface area contributed by atoms with Crippen LogP contribution in [0, 0.1) is 13.8 Å². The number of esters is 1. The van der Waals surface area contributed by atoms with Crippen molar-refractivity contribution in [3.05, 3.63) is 70.3 Å². The Morgan fingerprint density at radius 2 is 1.65 bits per heavy atom. The summed E-state index contributed by atoms with van der Waals surface area (Å²) in [6, 6.07) is 13.4. The Labute approximate surface area is 155 Å². The molecule has 2 rings (SSSR count). The van der Waals surface area contributed by atoms with E-state index >= 15 is 0 Å². The number of carbonyl (C=O) groups excluding carboxylic acids is 2. The van der Waals surface area contributed by atoms with Gasteiger partial charge in [0.15, 0.2) is 0 Å². The minimum atomic E-state index is -0.453. The van der Waals surface area contributed by atoms with Crippen LogP contribution in [0.1, 0.15) is 53.4 Å². The number of amides is 1. The van der Waals surface area contributed by atoms with Crippen molar-refractivity contribution in [2.75, 3.05) is 6.54 Å². The molecule has 0 heterocycles. The Bertz CT molecular complexity index is 786. The highest BCUT2D eigenvalue weighted by atomic mass is 16.5. The number of ether oxygens (including phenoxy) is 1. The summed E-state index contributed by atoms with van der Waals surface area (Å²) in [5.41, 5.74) is 4.89. The van der Waals surface area contributed by atoms with Gasteiger partial charge in [-0.3, -0.25) is 9.59 Å². The van der Waals surface area contributed by atoms with Crippen molar-refractivity contribution in [1.29, 1.82) is 0 Å². The lowest BCUT2D eigenvalue weighted by molar-refractivity contribution is -0.143. The third-order valence-corrected chi connectivity index (χ3v) is 4.30. The predicted octanol–water partition coefficient (Wildman–Crippen LogP) is 4.07. The van der Waals surface area contributed by atoms with E-state index in [4.69, 9.17) is 4.74 Å². The first-order valence-electron chi connectivity index (χ1n) is 8.77. The highest BCUT2D eigenvalue weighted by molar-refractivity contribution is 5.95. The molecule has 0 unspecified atom stereocenters. The van der Waals surface area contributed by atoms with Gasteiger partial charge in [0, 0.05) is 5.56 Å². The molecule has 0 aliphatic heterocycles. The molecular weight excluding hydrogens is 326 g/mol. The van der Waals surface area contributed by atoms with E-state index in [-0.39, 0.29) is 24.5 Å². The molecule has 2 aromatic carbocycles. The fourth-order valence-electron chi connectivity index (χ4n) is 2.54. The molecule has 1 N–H and O–H groups in total. The van der Waals surface area contributed by atoms with Crippen molar-refractivity contribution in [2.45, 2.75) is 46.6 Å². The smallest absolute Gasteiger partial charge is 0.325 e. The molecular formula is C22H27NO3. The molecule has 2 aromatic rings. The largest absolute Gasteiger partial charge is 0.459 e. The highest BCUT2D eigenvalue weighted by Gasteiger charge is 2.15. The first-order valence-corrected chi connectivity index (χ1v) is 8.77. The van der Waals surface area contributed by atoms with Gasteiger partial charge in [-0.05, 0) is 48.1 Å². The second kappa shape index (κ2) is 8.17. The third kappa shape index (κ3) is 5.45. The minimum Gasteiger partial charge on any atom is -0.459 e. The van der Waals surface area contributed by atoms with E-state index in [1.165, 1.54) is 0 Å². The Morgan fingerprint density at radius 3 is 2.27 bits per heavy atom. The molecule has 4 nitrogen and oxygen atoms in total. The summed E-state index contributed by atoms with van der Waals surface area (Å²) in [6.45, 7) is 10.4. The van der Waals surface area contributed by atoms with Crippen LogP contribution < -0.4 is 5.32 Å². The van der Waals surface area contributed by atoms with Crippen molar-refractivity contribution in [2.24, 2.45) is 0 Å². The fraction of sp³-hybridized carbons (Fsp3) is 0.364. The van der Waals surface area contributed by atoms with Gasteiger partial charge in [0.05, 0.1) is 0 Å². The van der Waals surface area contributed by atoms with Crippen molar-refractivity contribution in [3.8, 4) is 0 Å². The molecule has 0 bridgehead atoms. The van der Waals surface area contributed by atoms with Crippen LogP contribution in [0.3, 0.4) is 0 Å². The Hall–Kier alpha value is -2.62. The van der Waals surface area contributed by atoms with E-state index < -0.39 is 5.97 Å². The quantitative estimate of drug-likeness (QED) is 0.824. The van der Waals surface area contributed by atoms with Crippen LogP contribution in [0.2, 0.25) is 0 Å². The molecule has 0 saturated heterocycles. The third-order valence-electron chi connectivity index (χ3n) is 4.30. The molecule has 26 heavy (non-hydrogen) atoms. The van der Waals surface area contributed by atoms with Gasteiger partial charge in [0.25, 0.3) is 5.91 Å². The van der Waals surface area contributed by atoms with Gasteiger partial charge in [0.1, 0.15) is 13.2 Å². The maximum Gasteiger partial charge on any atom is 0.325 e. The number of hydrogen-bond donors (Lipinski definition) is 1. The predicted molar refractivity (Wildman–Crippen MR) is 103 cm³/mol. The summed E-state index contributed by atoms with van der Waals surface area (Å²) in [6.07, 6.45) is 0. The maximum absolute atomic E-state index is 12.2. The van der Waals surface area contributed by atoms with Crippen molar-refractivity contribution < 1.29 is 14.3 Å². The average molecular weight is 353 g/mol. The minimum absolute atomic E-state index is 0.0345. The topological polar surface area (TPSA) is 55.4 Å². The zero-order valence-corrected chi connectivity index (χ0v) is 16.2. The van der Waals surface area contributed by atoms with E-state index in [0.717, 1.165) is 22.3 Å². The maximum atomic E-state index is 12.2. The number of nitrogens with one attached hydrogen (secondary N) is 1. The Balaban J connectivity index is 1.85. The molecule has 138 valence electrons. The lowest BCUT2D eigenvalue weighted by atomic mass is 9.87. The van der Waals surface area contributed by atoms with E-state index in [0.29, 0.717) is 5.56 Å². The SMILES string of the molecule is Cc1ccc(C)c(COC(=O)CNC(=O)c2ccc(C(C)(C)C)cc2)c1. The van der Waals surface area contributed by atoms with E-state index in [1.807, 2.05) is 44.2 Å². The molecule has 0 aromatic heterocycles. The molecule has 0 fully saturated rings. The normalized spacial score (nSPS) is 11.1. The number of aryl methyl sites for hydroxylation is 2. The molecule has 0 spiro atoms. The molecule has 0 radical (unpaired) electrons. The van der Waals surface area contributed by atoms with Gasteiger partial charge in [-0.2, -0.15) is 0 Å². The second-order valence-electron chi connectivity index (χ2n) is 7.60. The zero-order valence-electron chi connectivity index (χ0n) is 16.2. The summed E-state index contributed by atoms with van der Waals surface area (Å²) >= 11 is 0. The standard InChI is InChI=1S/C22H27NO3/c1-15-6-7-16(2)18(12-15)14-26-20(24)13-23-21(25)17-8-10-19(11-9-17)22(3,4)5/h6-12H,13-14H2,1-5H3,(H,23,25). The molecule has 0 atom stereocenters. The molecule has 0 saturated carbocycles. The van der Waals surface area contributed by atoms with Crippen molar-refractivity contribution >= 4 is 11.9 Å². The lowest BCUT2D eigenvalue weighted by Gasteiger charge is -2.19.